The fourth-order valence-corrected chi connectivity index (χ4v) is 1.23. The van der Waals surface area contributed by atoms with Crippen LogP contribution in [0.1, 0.15) is 22.8 Å². The molecule has 0 fully saturated rings. The Labute approximate surface area is 99.4 Å². The van der Waals surface area contributed by atoms with E-state index < -0.39 is 12.0 Å². The number of carboxylic acids is 1. The number of benzene rings is 1. The van der Waals surface area contributed by atoms with Gasteiger partial charge in [0.05, 0.1) is 12.7 Å². The summed E-state index contributed by atoms with van der Waals surface area (Å²) in [6.45, 7) is 2.01. The highest BCUT2D eigenvalue weighted by Gasteiger charge is 2.09. The Morgan fingerprint density at radius 2 is 1.94 bits per heavy atom. The molecule has 0 radical (unpaired) electrons. The summed E-state index contributed by atoms with van der Waals surface area (Å²) in [6, 6.07) is 6.21. The predicted octanol–water partition coefficient (Wildman–Crippen LogP) is 1.04. The van der Waals surface area contributed by atoms with Crippen LogP contribution in [0.4, 0.5) is 0 Å². The molecule has 2 N–H and O–H groups in total. The first-order valence-corrected chi connectivity index (χ1v) is 5.18. The molecule has 0 unspecified atom stereocenters. The summed E-state index contributed by atoms with van der Waals surface area (Å²) in [5, 5.41) is 11.5. The van der Waals surface area contributed by atoms with Gasteiger partial charge in [0, 0.05) is 6.54 Å². The SMILES string of the molecule is COC(=O)c1ccc(CN[C@@H](C)C(=O)O)cc1. The lowest BCUT2D eigenvalue weighted by molar-refractivity contribution is -0.139. The van der Waals surface area contributed by atoms with Crippen LogP contribution in [0.25, 0.3) is 0 Å². The highest BCUT2D eigenvalue weighted by atomic mass is 16.5. The van der Waals surface area contributed by atoms with Crippen LogP contribution in [0.5, 0.6) is 0 Å². The van der Waals surface area contributed by atoms with Crippen LogP contribution in [0.15, 0.2) is 24.3 Å². The largest absolute Gasteiger partial charge is 0.480 e. The Kier molecular flexibility index (Phi) is 4.66. The van der Waals surface area contributed by atoms with E-state index in [2.05, 4.69) is 10.1 Å². The smallest absolute Gasteiger partial charge is 0.337 e. The number of carbonyl (C=O) groups is 2. The molecule has 5 nitrogen and oxygen atoms in total. The van der Waals surface area contributed by atoms with E-state index in [1.807, 2.05) is 0 Å². The van der Waals surface area contributed by atoms with E-state index >= 15 is 0 Å². The molecule has 0 aliphatic carbocycles. The number of hydrogen-bond acceptors (Lipinski definition) is 4. The van der Waals surface area contributed by atoms with Gasteiger partial charge >= 0.3 is 11.9 Å². The van der Waals surface area contributed by atoms with Crippen LogP contribution >= 0.6 is 0 Å². The molecular formula is C12H15NO4. The Bertz CT molecular complexity index is 399. The second kappa shape index (κ2) is 6.00. The first-order chi connectivity index (χ1) is 8.04. The van der Waals surface area contributed by atoms with Crippen molar-refractivity contribution in [1.82, 2.24) is 5.32 Å². The highest BCUT2D eigenvalue weighted by molar-refractivity contribution is 5.89. The van der Waals surface area contributed by atoms with Gasteiger partial charge in [-0.25, -0.2) is 4.79 Å². The molecule has 1 rings (SSSR count). The minimum Gasteiger partial charge on any atom is -0.480 e. The van der Waals surface area contributed by atoms with Crippen LogP contribution in [-0.4, -0.2) is 30.2 Å². The first-order valence-electron chi connectivity index (χ1n) is 5.18. The molecule has 1 atom stereocenters. The van der Waals surface area contributed by atoms with Crippen molar-refractivity contribution in [1.29, 1.82) is 0 Å². The van der Waals surface area contributed by atoms with E-state index in [1.165, 1.54) is 7.11 Å². The molecule has 0 spiro atoms. The van der Waals surface area contributed by atoms with E-state index in [4.69, 9.17) is 5.11 Å². The lowest BCUT2D eigenvalue weighted by atomic mass is 10.1. The van der Waals surface area contributed by atoms with Gasteiger partial charge in [0.1, 0.15) is 6.04 Å². The minimum absolute atomic E-state index is 0.386. The number of carboxylic acid groups (broad SMARTS) is 1. The van der Waals surface area contributed by atoms with Crippen LogP contribution in [0.3, 0.4) is 0 Å². The molecular weight excluding hydrogens is 222 g/mol. The molecule has 0 bridgehead atoms. The fraction of sp³-hybridized carbons (Fsp3) is 0.333. The van der Waals surface area contributed by atoms with E-state index in [9.17, 15) is 9.59 Å². The summed E-state index contributed by atoms with van der Waals surface area (Å²) in [4.78, 5) is 21.7. The third kappa shape index (κ3) is 3.88. The van der Waals surface area contributed by atoms with Gasteiger partial charge in [-0.2, -0.15) is 0 Å². The summed E-state index contributed by atoms with van der Waals surface area (Å²) < 4.78 is 4.57. The topological polar surface area (TPSA) is 75.6 Å². The first kappa shape index (κ1) is 13.2. The molecule has 0 amide bonds. The van der Waals surface area contributed by atoms with Crippen molar-refractivity contribution in [3.05, 3.63) is 35.4 Å². The summed E-state index contributed by atoms with van der Waals surface area (Å²) >= 11 is 0. The lowest BCUT2D eigenvalue weighted by Crippen LogP contribution is -2.33. The molecule has 0 heterocycles. The number of hydrogen-bond donors (Lipinski definition) is 2. The van der Waals surface area contributed by atoms with E-state index in [0.717, 1.165) is 5.56 Å². The van der Waals surface area contributed by atoms with Crippen LogP contribution in [-0.2, 0) is 16.1 Å². The summed E-state index contributed by atoms with van der Waals surface area (Å²) in [5.41, 5.74) is 1.38. The molecule has 0 saturated heterocycles. The van der Waals surface area contributed by atoms with Crippen LogP contribution in [0, 0.1) is 0 Å². The van der Waals surface area contributed by atoms with Crippen molar-refractivity contribution in [2.75, 3.05) is 7.11 Å². The Balaban J connectivity index is 2.57. The van der Waals surface area contributed by atoms with Gasteiger partial charge in [-0.15, -0.1) is 0 Å². The quantitative estimate of drug-likeness (QED) is 0.748. The van der Waals surface area contributed by atoms with Crippen LogP contribution in [0.2, 0.25) is 0 Å². The number of carbonyl (C=O) groups excluding carboxylic acids is 1. The zero-order chi connectivity index (χ0) is 12.8. The molecule has 92 valence electrons. The van der Waals surface area contributed by atoms with E-state index in [1.54, 1.807) is 31.2 Å². The molecule has 0 saturated carbocycles. The van der Waals surface area contributed by atoms with Crippen molar-refractivity contribution in [3.8, 4) is 0 Å². The fourth-order valence-electron chi connectivity index (χ4n) is 1.23. The van der Waals surface area contributed by atoms with Gasteiger partial charge in [-0.3, -0.25) is 4.79 Å². The van der Waals surface area contributed by atoms with Crippen molar-refractivity contribution in [3.63, 3.8) is 0 Å². The van der Waals surface area contributed by atoms with Crippen LogP contribution < -0.4 is 5.32 Å². The van der Waals surface area contributed by atoms with Crippen molar-refractivity contribution in [2.45, 2.75) is 19.5 Å². The maximum Gasteiger partial charge on any atom is 0.337 e. The third-order valence-corrected chi connectivity index (χ3v) is 2.36. The van der Waals surface area contributed by atoms with E-state index in [0.29, 0.717) is 12.1 Å². The van der Waals surface area contributed by atoms with Gasteiger partial charge in [0.25, 0.3) is 0 Å². The summed E-state index contributed by atoms with van der Waals surface area (Å²) in [7, 11) is 1.33. The average molecular weight is 237 g/mol. The average Bonchev–Trinajstić information content (AvgIpc) is 2.35. The maximum absolute atomic E-state index is 11.2. The number of esters is 1. The van der Waals surface area contributed by atoms with Crippen molar-refractivity contribution in [2.24, 2.45) is 0 Å². The number of rotatable bonds is 5. The molecule has 0 aliphatic heterocycles. The standard InChI is InChI=1S/C12H15NO4/c1-8(11(14)15)13-7-9-3-5-10(6-4-9)12(16)17-2/h3-6,8,13H,7H2,1-2H3,(H,14,15)/t8-/m0/s1. The van der Waals surface area contributed by atoms with Crippen molar-refractivity contribution < 1.29 is 19.4 Å². The molecule has 0 aromatic heterocycles. The molecule has 1 aromatic rings. The second-order valence-electron chi connectivity index (χ2n) is 3.63. The van der Waals surface area contributed by atoms with E-state index in [-0.39, 0.29) is 5.97 Å². The van der Waals surface area contributed by atoms with Gasteiger partial charge in [0.2, 0.25) is 0 Å². The highest BCUT2D eigenvalue weighted by Crippen LogP contribution is 2.05. The lowest BCUT2D eigenvalue weighted by Gasteiger charge is -2.09. The normalized spacial score (nSPS) is 11.9. The minimum atomic E-state index is -0.892. The zero-order valence-electron chi connectivity index (χ0n) is 9.77. The zero-order valence-corrected chi connectivity index (χ0v) is 9.77. The molecule has 1 aromatic carbocycles. The Hall–Kier alpha value is -1.88. The van der Waals surface area contributed by atoms with Gasteiger partial charge in [0.15, 0.2) is 0 Å². The van der Waals surface area contributed by atoms with Crippen molar-refractivity contribution >= 4 is 11.9 Å². The number of methoxy groups -OCH3 is 1. The van der Waals surface area contributed by atoms with Gasteiger partial charge in [-0.1, -0.05) is 12.1 Å². The Morgan fingerprint density at radius 1 is 1.35 bits per heavy atom. The van der Waals surface area contributed by atoms with Gasteiger partial charge in [-0.05, 0) is 24.6 Å². The molecule has 0 aliphatic rings. The Morgan fingerprint density at radius 3 is 2.41 bits per heavy atom. The monoisotopic (exact) mass is 237 g/mol. The summed E-state index contributed by atoms with van der Waals surface area (Å²) in [5.74, 6) is -1.28. The third-order valence-electron chi connectivity index (χ3n) is 2.36. The summed E-state index contributed by atoms with van der Waals surface area (Å²) in [6.07, 6.45) is 0. The predicted molar refractivity (Wildman–Crippen MR) is 61.7 cm³/mol. The second-order valence-corrected chi connectivity index (χ2v) is 3.63. The number of aliphatic carboxylic acids is 1. The van der Waals surface area contributed by atoms with Gasteiger partial charge < -0.3 is 15.2 Å². The number of nitrogens with one attached hydrogen (secondary N) is 1. The maximum atomic E-state index is 11.2. The number of ether oxygens (including phenoxy) is 1. The molecule has 5 heteroatoms. The molecule has 17 heavy (non-hydrogen) atoms.